The molecular weight excluding hydrogens is 448 g/mol. The van der Waals surface area contributed by atoms with Gasteiger partial charge < -0.3 is 35.9 Å². The summed E-state index contributed by atoms with van der Waals surface area (Å²) in [4.78, 5) is -0.218. The Balaban J connectivity index is 0.00000625. The number of amidine groups is 2. The van der Waals surface area contributed by atoms with E-state index >= 15 is 0 Å². The molecule has 0 unspecified atom stereocenters. The summed E-state index contributed by atoms with van der Waals surface area (Å²) in [6, 6.07) is 5.34. The third-order valence-corrected chi connectivity index (χ3v) is 4.06. The molecule has 0 saturated heterocycles. The van der Waals surface area contributed by atoms with E-state index in [4.69, 9.17) is 29.8 Å². The summed E-state index contributed by atoms with van der Waals surface area (Å²) in [5.41, 5.74) is 1.50. The largest absolute Gasteiger partial charge is 2.00 e. The Kier molecular flexibility index (Phi) is 10.5. The first-order valence-corrected chi connectivity index (χ1v) is 9.00. The van der Waals surface area contributed by atoms with Crippen LogP contribution in [0.5, 0.6) is 0 Å². The third kappa shape index (κ3) is 8.65. The normalized spacial score (nSPS) is 13.8. The summed E-state index contributed by atoms with van der Waals surface area (Å²) >= 11 is 9.86. The molecule has 1 aromatic carbocycles. The molecule has 13 heteroatoms. The van der Waals surface area contributed by atoms with Gasteiger partial charge in [0.25, 0.3) is 10.1 Å². The molecule has 26 heavy (non-hydrogen) atoms. The molecule has 0 saturated carbocycles. The molecule has 9 nitrogen and oxygen atoms in total. The predicted octanol–water partition coefficient (Wildman–Crippen LogP) is 1.12. The molecule has 145 valence electrons. The maximum absolute atomic E-state index is 11.0. The Hall–Kier alpha value is -1.63. The van der Waals surface area contributed by atoms with Gasteiger partial charge in [-0.2, -0.15) is 28.8 Å². The van der Waals surface area contributed by atoms with Gasteiger partial charge >= 0.3 is 17.1 Å². The molecule has 0 aliphatic carbocycles. The predicted molar refractivity (Wildman–Crippen MR) is 105 cm³/mol. The van der Waals surface area contributed by atoms with Crippen LogP contribution in [0, 0.1) is 0 Å². The minimum atomic E-state index is -4.23. The van der Waals surface area contributed by atoms with Crippen LogP contribution in [0.25, 0.3) is 0 Å². The Labute approximate surface area is 173 Å². The summed E-state index contributed by atoms with van der Waals surface area (Å²) in [5.74, 6) is 0. The SMILES string of the molecule is CN/C([S-])=N/N=C(C)/C(C)=N/N=C(\[S-])Nc1ccc(S(=O)(=O)O)cc1.[Cu+2]. The van der Waals surface area contributed by atoms with Crippen LogP contribution in [0.4, 0.5) is 5.69 Å². The van der Waals surface area contributed by atoms with Crippen LogP contribution in [0.3, 0.4) is 0 Å². The Morgan fingerprint density at radius 1 is 0.962 bits per heavy atom. The van der Waals surface area contributed by atoms with Gasteiger partial charge in [-0.15, -0.1) is 0 Å². The van der Waals surface area contributed by atoms with Crippen LogP contribution in [0.2, 0.25) is 0 Å². The van der Waals surface area contributed by atoms with Crippen LogP contribution in [0.1, 0.15) is 13.8 Å². The van der Waals surface area contributed by atoms with Gasteiger partial charge in [-0.25, -0.2) is 0 Å². The molecule has 0 fully saturated rings. The van der Waals surface area contributed by atoms with Gasteiger partial charge in [-0.1, -0.05) is 0 Å². The van der Waals surface area contributed by atoms with E-state index in [1.165, 1.54) is 24.3 Å². The van der Waals surface area contributed by atoms with Gasteiger partial charge in [0.15, 0.2) is 0 Å². The Morgan fingerprint density at radius 2 is 1.42 bits per heavy atom. The average Bonchev–Trinajstić information content (AvgIpc) is 2.56. The van der Waals surface area contributed by atoms with Gasteiger partial charge in [-0.3, -0.25) is 4.55 Å². The summed E-state index contributed by atoms with van der Waals surface area (Å²) in [7, 11) is -2.60. The molecule has 0 aromatic heterocycles. The fraction of sp³-hybridized carbons (Fsp3) is 0.231. The number of hydrogen-bond donors (Lipinski definition) is 3. The molecule has 0 aliphatic rings. The van der Waals surface area contributed by atoms with Crippen molar-refractivity contribution in [3.05, 3.63) is 24.3 Å². The number of nitrogens with zero attached hydrogens (tertiary/aromatic N) is 4. The van der Waals surface area contributed by atoms with Crippen LogP contribution in [0.15, 0.2) is 49.6 Å². The second kappa shape index (κ2) is 11.2. The number of hydrogen-bond acceptors (Lipinski definition) is 8. The third-order valence-electron chi connectivity index (χ3n) is 2.72. The van der Waals surface area contributed by atoms with Gasteiger partial charge in [0.1, 0.15) is 0 Å². The molecular formula is C13H16CuN6O3S3. The van der Waals surface area contributed by atoms with Crippen molar-refractivity contribution in [3.8, 4) is 0 Å². The number of rotatable bonds is 5. The van der Waals surface area contributed by atoms with Crippen LogP contribution < -0.4 is 10.6 Å². The second-order valence-electron chi connectivity index (χ2n) is 4.56. The van der Waals surface area contributed by atoms with Gasteiger partial charge in [0.2, 0.25) is 0 Å². The first kappa shape index (κ1) is 24.4. The van der Waals surface area contributed by atoms with Crippen molar-refractivity contribution in [3.63, 3.8) is 0 Å². The Bertz CT molecular complexity index is 835. The smallest absolute Gasteiger partial charge is 0.741 e. The summed E-state index contributed by atoms with van der Waals surface area (Å²) in [6.45, 7) is 3.38. The molecule has 0 atom stereocenters. The molecule has 3 N–H and O–H groups in total. The van der Waals surface area contributed by atoms with Gasteiger partial charge in [-0.05, 0) is 43.3 Å². The fourth-order valence-electron chi connectivity index (χ4n) is 1.29. The molecule has 1 aromatic rings. The van der Waals surface area contributed by atoms with Crippen LogP contribution >= 0.6 is 0 Å². The molecule has 1 rings (SSSR count). The molecule has 0 spiro atoms. The first-order valence-electron chi connectivity index (χ1n) is 6.74. The zero-order chi connectivity index (χ0) is 19.0. The van der Waals surface area contributed by atoms with E-state index in [0.717, 1.165) is 0 Å². The van der Waals surface area contributed by atoms with E-state index in [9.17, 15) is 8.42 Å². The monoisotopic (exact) mass is 463 g/mol. The van der Waals surface area contributed by atoms with E-state index in [1.54, 1.807) is 20.9 Å². The van der Waals surface area contributed by atoms with Crippen molar-refractivity contribution in [1.82, 2.24) is 5.32 Å². The standard InChI is InChI=1S/C13H18N6O3S3.Cu/c1-8(16-18-12(23)14-3)9(2)17-19-13(24)15-10-4-6-11(7-5-10)25(20,21)22;/h4-7H,1-3H3,(H2,14,18,23)(H2,15,19,24)(H,20,21,22);/q;+2/p-2/b16-8+,17-9+;. The summed E-state index contributed by atoms with van der Waals surface area (Å²) < 4.78 is 30.8. The zero-order valence-corrected chi connectivity index (χ0v) is 17.3. The van der Waals surface area contributed by atoms with Crippen molar-refractivity contribution in [2.75, 3.05) is 12.4 Å². The van der Waals surface area contributed by atoms with Gasteiger partial charge in [0.05, 0.1) is 16.3 Å². The van der Waals surface area contributed by atoms with Crippen LogP contribution in [-0.2, 0) is 52.4 Å². The van der Waals surface area contributed by atoms with E-state index < -0.39 is 10.1 Å². The Morgan fingerprint density at radius 3 is 1.85 bits per heavy atom. The minimum Gasteiger partial charge on any atom is -0.741 e. The summed E-state index contributed by atoms with van der Waals surface area (Å²) in [6.07, 6.45) is 0. The number of benzene rings is 1. The molecule has 0 heterocycles. The number of anilines is 1. The zero-order valence-electron chi connectivity index (χ0n) is 13.9. The fourth-order valence-corrected chi connectivity index (χ4v) is 1.97. The first-order chi connectivity index (χ1) is 11.6. The summed E-state index contributed by atoms with van der Waals surface area (Å²) in [5, 5.41) is 21.1. The topological polar surface area (TPSA) is 128 Å². The maximum atomic E-state index is 11.0. The molecule has 0 amide bonds. The minimum absolute atomic E-state index is 0. The quantitative estimate of drug-likeness (QED) is 0.149. The molecule has 1 radical (unpaired) electrons. The van der Waals surface area contributed by atoms with Crippen molar-refractivity contribution in [1.29, 1.82) is 0 Å². The van der Waals surface area contributed by atoms with E-state index in [2.05, 4.69) is 31.0 Å². The molecule has 0 bridgehead atoms. The van der Waals surface area contributed by atoms with E-state index in [-0.39, 0.29) is 32.3 Å². The number of nitrogens with one attached hydrogen (secondary N) is 2. The average molecular weight is 464 g/mol. The second-order valence-corrected chi connectivity index (χ2v) is 6.75. The molecule has 0 aliphatic heterocycles. The van der Waals surface area contributed by atoms with Crippen molar-refractivity contribution in [2.45, 2.75) is 18.7 Å². The van der Waals surface area contributed by atoms with Gasteiger partial charge in [0, 0.05) is 17.9 Å². The maximum Gasteiger partial charge on any atom is 2.00 e. The van der Waals surface area contributed by atoms with E-state index in [1.807, 2.05) is 0 Å². The van der Waals surface area contributed by atoms with E-state index in [0.29, 0.717) is 17.1 Å². The van der Waals surface area contributed by atoms with Crippen molar-refractivity contribution >= 4 is 62.8 Å². The van der Waals surface area contributed by atoms with Crippen LogP contribution in [-0.4, -0.2) is 41.8 Å². The van der Waals surface area contributed by atoms with Crippen molar-refractivity contribution in [2.24, 2.45) is 20.4 Å². The van der Waals surface area contributed by atoms with Crippen molar-refractivity contribution < 1.29 is 30.0 Å².